The highest BCUT2D eigenvalue weighted by atomic mass is 32.2. The molecule has 0 atom stereocenters. The molecule has 5 heteroatoms. The predicted molar refractivity (Wildman–Crippen MR) is 79.3 cm³/mol. The Kier molecular flexibility index (Phi) is 3.11. The predicted octanol–water partition coefficient (Wildman–Crippen LogP) is 3.90. The molecule has 0 aliphatic heterocycles. The molecule has 0 amide bonds. The molecule has 0 radical (unpaired) electrons. The van der Waals surface area contributed by atoms with Gasteiger partial charge < -0.3 is 5.73 Å². The van der Waals surface area contributed by atoms with E-state index in [1.165, 1.54) is 4.70 Å². The van der Waals surface area contributed by atoms with Crippen molar-refractivity contribution in [3.63, 3.8) is 0 Å². The summed E-state index contributed by atoms with van der Waals surface area (Å²) in [5.41, 5.74) is 7.73. The minimum absolute atomic E-state index is 0.506. The third-order valence-corrected chi connectivity index (χ3v) is 4.71. The Balaban J connectivity index is 1.94. The van der Waals surface area contributed by atoms with Gasteiger partial charge in [-0.05, 0) is 30.3 Å². The molecule has 0 aliphatic rings. The smallest absolute Gasteiger partial charge is 0.155 e. The van der Waals surface area contributed by atoms with Gasteiger partial charge in [0, 0.05) is 10.6 Å². The highest BCUT2D eigenvalue weighted by Crippen LogP contribution is 2.35. The Hall–Kier alpha value is -2.03. The quantitative estimate of drug-likeness (QED) is 0.724. The zero-order valence-corrected chi connectivity index (χ0v) is 11.5. The number of fused-ring (bicyclic) bond motifs is 1. The van der Waals surface area contributed by atoms with Gasteiger partial charge in [-0.3, -0.25) is 0 Å². The van der Waals surface area contributed by atoms with Gasteiger partial charge in [0.15, 0.2) is 4.34 Å². The Labute approximate surface area is 118 Å². The molecule has 1 aromatic heterocycles. The lowest BCUT2D eigenvalue weighted by Crippen LogP contribution is -1.89. The second kappa shape index (κ2) is 4.92. The molecular formula is C14H9N3S2. The van der Waals surface area contributed by atoms with E-state index in [1.807, 2.05) is 24.3 Å². The Morgan fingerprint density at radius 1 is 1.21 bits per heavy atom. The molecule has 19 heavy (non-hydrogen) atoms. The molecule has 92 valence electrons. The minimum Gasteiger partial charge on any atom is -0.398 e. The maximum Gasteiger partial charge on any atom is 0.155 e. The zero-order chi connectivity index (χ0) is 13.2. The van der Waals surface area contributed by atoms with Crippen molar-refractivity contribution in [2.75, 3.05) is 5.73 Å². The maximum atomic E-state index is 8.97. The normalized spacial score (nSPS) is 10.5. The Bertz CT molecular complexity index is 754. The number of para-hydroxylation sites is 1. The first-order valence-electron chi connectivity index (χ1n) is 5.59. The number of nitriles is 1. The van der Waals surface area contributed by atoms with Crippen LogP contribution >= 0.6 is 23.1 Å². The summed E-state index contributed by atoms with van der Waals surface area (Å²) in [7, 11) is 0. The van der Waals surface area contributed by atoms with Crippen molar-refractivity contribution in [2.45, 2.75) is 9.24 Å². The summed E-state index contributed by atoms with van der Waals surface area (Å²) in [6.45, 7) is 0. The summed E-state index contributed by atoms with van der Waals surface area (Å²) in [6, 6.07) is 15.6. The third kappa shape index (κ3) is 2.41. The number of thiazole rings is 1. The number of nitrogens with zero attached hydrogens (tertiary/aromatic N) is 2. The fraction of sp³-hybridized carbons (Fsp3) is 0. The summed E-state index contributed by atoms with van der Waals surface area (Å²) >= 11 is 3.20. The molecule has 0 fully saturated rings. The van der Waals surface area contributed by atoms with Gasteiger partial charge in [0.1, 0.15) is 6.07 Å². The monoisotopic (exact) mass is 283 g/mol. The zero-order valence-electron chi connectivity index (χ0n) is 9.83. The SMILES string of the molecule is N#Cc1cc(Sc2nc3ccccc3s2)ccc1N. The number of aromatic nitrogens is 1. The molecule has 0 saturated carbocycles. The van der Waals surface area contributed by atoms with Crippen LogP contribution < -0.4 is 5.73 Å². The van der Waals surface area contributed by atoms with Crippen molar-refractivity contribution in [2.24, 2.45) is 0 Å². The van der Waals surface area contributed by atoms with Gasteiger partial charge in [-0.15, -0.1) is 11.3 Å². The molecule has 3 rings (SSSR count). The summed E-state index contributed by atoms with van der Waals surface area (Å²) in [6.07, 6.45) is 0. The van der Waals surface area contributed by atoms with E-state index in [2.05, 4.69) is 17.1 Å². The van der Waals surface area contributed by atoms with Crippen LogP contribution in [0.25, 0.3) is 10.2 Å². The van der Waals surface area contributed by atoms with E-state index >= 15 is 0 Å². The van der Waals surface area contributed by atoms with Crippen LogP contribution in [-0.2, 0) is 0 Å². The molecule has 2 aromatic carbocycles. The van der Waals surface area contributed by atoms with Crippen molar-refractivity contribution >= 4 is 39.0 Å². The van der Waals surface area contributed by atoms with Gasteiger partial charge in [-0.1, -0.05) is 23.9 Å². The average Bonchev–Trinajstić information content (AvgIpc) is 2.83. The van der Waals surface area contributed by atoms with Crippen LogP contribution in [0.5, 0.6) is 0 Å². The first-order chi connectivity index (χ1) is 9.26. The molecule has 0 unspecified atom stereocenters. The van der Waals surface area contributed by atoms with Crippen molar-refractivity contribution in [3.8, 4) is 6.07 Å². The van der Waals surface area contributed by atoms with E-state index < -0.39 is 0 Å². The standard InChI is InChI=1S/C14H9N3S2/c15-8-9-7-10(5-6-11(9)16)18-14-17-12-3-1-2-4-13(12)19-14/h1-7H,16H2. The number of nitrogens with two attached hydrogens (primary N) is 1. The van der Waals surface area contributed by atoms with Crippen LogP contribution in [0.1, 0.15) is 5.56 Å². The average molecular weight is 283 g/mol. The lowest BCUT2D eigenvalue weighted by molar-refractivity contribution is 1.29. The van der Waals surface area contributed by atoms with Crippen LogP contribution in [0, 0.1) is 11.3 Å². The molecule has 0 spiro atoms. The van der Waals surface area contributed by atoms with Crippen molar-refractivity contribution in [1.82, 2.24) is 4.98 Å². The summed E-state index contributed by atoms with van der Waals surface area (Å²) in [5.74, 6) is 0. The van der Waals surface area contributed by atoms with Crippen LogP contribution in [0.4, 0.5) is 5.69 Å². The highest BCUT2D eigenvalue weighted by Gasteiger charge is 2.07. The number of hydrogen-bond acceptors (Lipinski definition) is 5. The number of hydrogen-bond donors (Lipinski definition) is 1. The first-order valence-corrected chi connectivity index (χ1v) is 7.22. The fourth-order valence-corrected chi connectivity index (χ4v) is 3.77. The van der Waals surface area contributed by atoms with E-state index in [9.17, 15) is 0 Å². The van der Waals surface area contributed by atoms with Crippen LogP contribution in [0.3, 0.4) is 0 Å². The lowest BCUT2D eigenvalue weighted by atomic mass is 10.2. The Morgan fingerprint density at radius 2 is 2.05 bits per heavy atom. The fourth-order valence-electron chi connectivity index (χ4n) is 1.69. The summed E-state index contributed by atoms with van der Waals surface area (Å²) in [5, 5.41) is 8.97. The molecular weight excluding hydrogens is 274 g/mol. The number of anilines is 1. The highest BCUT2D eigenvalue weighted by molar-refractivity contribution is 8.01. The van der Waals surface area contributed by atoms with Crippen molar-refractivity contribution < 1.29 is 0 Å². The van der Waals surface area contributed by atoms with Crippen molar-refractivity contribution in [3.05, 3.63) is 48.0 Å². The second-order valence-corrected chi connectivity index (χ2v) is 6.26. The molecule has 1 heterocycles. The lowest BCUT2D eigenvalue weighted by Gasteiger charge is -2.00. The third-order valence-electron chi connectivity index (χ3n) is 2.62. The van der Waals surface area contributed by atoms with E-state index in [0.717, 1.165) is 14.8 Å². The number of nitrogen functional groups attached to an aromatic ring is 1. The van der Waals surface area contributed by atoms with Gasteiger partial charge in [0.2, 0.25) is 0 Å². The van der Waals surface area contributed by atoms with Gasteiger partial charge in [0.25, 0.3) is 0 Å². The Morgan fingerprint density at radius 3 is 2.84 bits per heavy atom. The molecule has 0 saturated heterocycles. The first kappa shape index (κ1) is 12.0. The van der Waals surface area contributed by atoms with Gasteiger partial charge >= 0.3 is 0 Å². The van der Waals surface area contributed by atoms with Gasteiger partial charge in [-0.2, -0.15) is 5.26 Å². The minimum atomic E-state index is 0.506. The molecule has 3 aromatic rings. The summed E-state index contributed by atoms with van der Waals surface area (Å²) < 4.78 is 2.14. The number of benzene rings is 2. The van der Waals surface area contributed by atoms with E-state index in [0.29, 0.717) is 11.3 Å². The van der Waals surface area contributed by atoms with E-state index in [1.54, 1.807) is 35.2 Å². The topological polar surface area (TPSA) is 62.7 Å². The molecule has 0 aliphatic carbocycles. The largest absolute Gasteiger partial charge is 0.398 e. The van der Waals surface area contributed by atoms with E-state index in [-0.39, 0.29) is 0 Å². The van der Waals surface area contributed by atoms with Gasteiger partial charge in [0.05, 0.1) is 15.8 Å². The number of rotatable bonds is 2. The van der Waals surface area contributed by atoms with Crippen LogP contribution in [0.2, 0.25) is 0 Å². The molecule has 3 nitrogen and oxygen atoms in total. The summed E-state index contributed by atoms with van der Waals surface area (Å²) in [4.78, 5) is 5.53. The molecule has 0 bridgehead atoms. The second-order valence-electron chi connectivity index (χ2n) is 3.91. The van der Waals surface area contributed by atoms with Crippen LogP contribution in [0.15, 0.2) is 51.7 Å². The van der Waals surface area contributed by atoms with E-state index in [4.69, 9.17) is 11.0 Å². The molecule has 2 N–H and O–H groups in total. The van der Waals surface area contributed by atoms with Gasteiger partial charge in [-0.25, -0.2) is 4.98 Å². The van der Waals surface area contributed by atoms with Crippen LogP contribution in [-0.4, -0.2) is 4.98 Å². The van der Waals surface area contributed by atoms with Crippen molar-refractivity contribution in [1.29, 1.82) is 5.26 Å². The maximum absolute atomic E-state index is 8.97.